The van der Waals surface area contributed by atoms with Gasteiger partial charge < -0.3 is 9.31 Å². The normalized spacial score (nSPS) is 16.6. The first-order valence-electron chi connectivity index (χ1n) is 12.9. The SMILES string of the molecule is CC1(C)OB(c2ccc3sc4cccc(-c5nc(-c6ccccc6)c6ccccc6n5)c4c3c2)OC1(C)C. The third-order valence-corrected chi connectivity index (χ3v) is 9.07. The van der Waals surface area contributed by atoms with Crippen LogP contribution in [-0.2, 0) is 9.31 Å². The van der Waals surface area contributed by atoms with Crippen molar-refractivity contribution in [2.24, 2.45) is 0 Å². The van der Waals surface area contributed by atoms with E-state index in [2.05, 4.69) is 100 Å². The largest absolute Gasteiger partial charge is 0.494 e. The molecule has 0 radical (unpaired) electrons. The Labute approximate surface area is 226 Å². The Morgan fingerprint density at radius 2 is 1.42 bits per heavy atom. The molecule has 1 fully saturated rings. The minimum absolute atomic E-state index is 0.388. The average molecular weight is 514 g/mol. The monoisotopic (exact) mass is 514 g/mol. The van der Waals surface area contributed by atoms with Gasteiger partial charge in [0.15, 0.2) is 5.82 Å². The molecule has 0 amide bonds. The number of thiophene rings is 1. The van der Waals surface area contributed by atoms with Crippen molar-refractivity contribution in [1.82, 2.24) is 9.97 Å². The summed E-state index contributed by atoms with van der Waals surface area (Å²) < 4.78 is 15.2. The molecule has 0 spiro atoms. The fourth-order valence-electron chi connectivity index (χ4n) is 5.17. The summed E-state index contributed by atoms with van der Waals surface area (Å²) in [6.45, 7) is 8.35. The number of para-hydroxylation sites is 1. The van der Waals surface area contributed by atoms with Gasteiger partial charge in [-0.05, 0) is 51.4 Å². The summed E-state index contributed by atoms with van der Waals surface area (Å²) >= 11 is 1.79. The molecular formula is C32H27BN2O2S. The zero-order chi connectivity index (χ0) is 26.1. The first kappa shape index (κ1) is 23.5. The number of nitrogens with zero attached hydrogens (tertiary/aromatic N) is 2. The smallest absolute Gasteiger partial charge is 0.399 e. The second kappa shape index (κ2) is 8.47. The van der Waals surface area contributed by atoms with Gasteiger partial charge in [-0.1, -0.05) is 72.8 Å². The van der Waals surface area contributed by atoms with E-state index in [1.807, 2.05) is 18.2 Å². The molecule has 0 atom stereocenters. The Hall–Kier alpha value is -3.58. The van der Waals surface area contributed by atoms with E-state index in [4.69, 9.17) is 19.3 Å². The van der Waals surface area contributed by atoms with Gasteiger partial charge in [0.2, 0.25) is 0 Å². The van der Waals surface area contributed by atoms with E-state index in [1.54, 1.807) is 11.3 Å². The van der Waals surface area contributed by atoms with Crippen LogP contribution in [0.15, 0.2) is 91.0 Å². The van der Waals surface area contributed by atoms with Gasteiger partial charge in [-0.15, -0.1) is 11.3 Å². The lowest BCUT2D eigenvalue weighted by molar-refractivity contribution is 0.00578. The highest BCUT2D eigenvalue weighted by Crippen LogP contribution is 2.41. The number of fused-ring (bicyclic) bond motifs is 4. The van der Waals surface area contributed by atoms with Crippen molar-refractivity contribution in [2.75, 3.05) is 0 Å². The van der Waals surface area contributed by atoms with Gasteiger partial charge in [0.25, 0.3) is 0 Å². The van der Waals surface area contributed by atoms with Crippen LogP contribution in [0.25, 0.3) is 53.7 Å². The van der Waals surface area contributed by atoms with E-state index in [0.29, 0.717) is 0 Å². The molecule has 3 heterocycles. The summed E-state index contributed by atoms with van der Waals surface area (Å²) in [7, 11) is -0.409. The minimum atomic E-state index is -0.409. The Morgan fingerprint density at radius 1 is 0.684 bits per heavy atom. The molecule has 1 saturated heterocycles. The molecule has 6 aromatic rings. The molecule has 0 N–H and O–H groups in total. The number of aromatic nitrogens is 2. The van der Waals surface area contributed by atoms with Crippen LogP contribution in [0.2, 0.25) is 0 Å². The van der Waals surface area contributed by atoms with Gasteiger partial charge in [-0.3, -0.25) is 0 Å². The van der Waals surface area contributed by atoms with E-state index < -0.39 is 7.12 Å². The molecule has 7 rings (SSSR count). The van der Waals surface area contributed by atoms with Crippen LogP contribution in [0.5, 0.6) is 0 Å². The summed E-state index contributed by atoms with van der Waals surface area (Å²) in [5.41, 5.74) is 4.24. The van der Waals surface area contributed by atoms with Gasteiger partial charge in [0.05, 0.1) is 22.4 Å². The number of hydrogen-bond acceptors (Lipinski definition) is 5. The molecule has 38 heavy (non-hydrogen) atoms. The van der Waals surface area contributed by atoms with E-state index in [1.165, 1.54) is 20.2 Å². The van der Waals surface area contributed by atoms with Crippen molar-refractivity contribution in [2.45, 2.75) is 38.9 Å². The van der Waals surface area contributed by atoms with Gasteiger partial charge >= 0.3 is 7.12 Å². The standard InChI is InChI=1S/C32H27BN2O2S/c1-31(2)32(3,4)37-33(36-31)21-17-18-26-24(19-21)28-23(14-10-16-27(28)38-26)30-34-25-15-9-8-13-22(25)29(35-30)20-11-6-5-7-12-20/h5-19H,1-4H3. The maximum atomic E-state index is 6.37. The highest BCUT2D eigenvalue weighted by atomic mass is 32.1. The lowest BCUT2D eigenvalue weighted by Crippen LogP contribution is -2.41. The summed E-state index contributed by atoms with van der Waals surface area (Å²) in [4.78, 5) is 10.2. The predicted molar refractivity (Wildman–Crippen MR) is 159 cm³/mol. The van der Waals surface area contributed by atoms with Crippen molar-refractivity contribution >= 4 is 55.0 Å². The molecule has 2 aromatic heterocycles. The Bertz CT molecular complexity index is 1830. The maximum absolute atomic E-state index is 6.37. The van der Waals surface area contributed by atoms with Crippen LogP contribution in [0.4, 0.5) is 0 Å². The lowest BCUT2D eigenvalue weighted by Gasteiger charge is -2.32. The lowest BCUT2D eigenvalue weighted by atomic mass is 9.78. The Morgan fingerprint density at radius 3 is 2.21 bits per heavy atom. The highest BCUT2D eigenvalue weighted by Gasteiger charge is 2.51. The third-order valence-electron chi connectivity index (χ3n) is 7.94. The molecule has 4 nitrogen and oxygen atoms in total. The van der Waals surface area contributed by atoms with Crippen molar-refractivity contribution in [3.05, 3.63) is 91.0 Å². The molecule has 4 aromatic carbocycles. The van der Waals surface area contributed by atoms with Crippen LogP contribution in [0.3, 0.4) is 0 Å². The topological polar surface area (TPSA) is 44.2 Å². The predicted octanol–water partition coefficient (Wildman–Crippen LogP) is 7.63. The van der Waals surface area contributed by atoms with Crippen LogP contribution in [-0.4, -0.2) is 28.3 Å². The summed E-state index contributed by atoms with van der Waals surface area (Å²) in [6, 6.07) is 31.5. The zero-order valence-electron chi connectivity index (χ0n) is 21.9. The Balaban J connectivity index is 1.44. The summed E-state index contributed by atoms with van der Waals surface area (Å²) in [5.74, 6) is 0.730. The van der Waals surface area contributed by atoms with Gasteiger partial charge in [-0.25, -0.2) is 9.97 Å². The van der Waals surface area contributed by atoms with Crippen LogP contribution < -0.4 is 5.46 Å². The van der Waals surface area contributed by atoms with E-state index >= 15 is 0 Å². The zero-order valence-corrected chi connectivity index (χ0v) is 22.7. The number of rotatable bonds is 3. The third kappa shape index (κ3) is 3.67. The van der Waals surface area contributed by atoms with Crippen molar-refractivity contribution in [3.63, 3.8) is 0 Å². The van der Waals surface area contributed by atoms with E-state index in [0.717, 1.165) is 39.0 Å². The van der Waals surface area contributed by atoms with Crippen molar-refractivity contribution < 1.29 is 9.31 Å². The Kier molecular flexibility index (Phi) is 5.24. The number of hydrogen-bond donors (Lipinski definition) is 0. The van der Waals surface area contributed by atoms with Crippen LogP contribution in [0.1, 0.15) is 27.7 Å². The first-order chi connectivity index (χ1) is 18.3. The quantitative estimate of drug-likeness (QED) is 0.228. The van der Waals surface area contributed by atoms with E-state index in [9.17, 15) is 0 Å². The van der Waals surface area contributed by atoms with Crippen LogP contribution in [0, 0.1) is 0 Å². The molecule has 0 unspecified atom stereocenters. The van der Waals surface area contributed by atoms with Crippen molar-refractivity contribution in [1.29, 1.82) is 0 Å². The molecule has 0 bridgehead atoms. The maximum Gasteiger partial charge on any atom is 0.494 e. The average Bonchev–Trinajstić information content (AvgIpc) is 3.40. The highest BCUT2D eigenvalue weighted by molar-refractivity contribution is 7.26. The second-order valence-electron chi connectivity index (χ2n) is 10.9. The molecule has 186 valence electrons. The molecule has 0 aliphatic carbocycles. The first-order valence-corrected chi connectivity index (χ1v) is 13.8. The van der Waals surface area contributed by atoms with Crippen molar-refractivity contribution in [3.8, 4) is 22.6 Å². The second-order valence-corrected chi connectivity index (χ2v) is 12.0. The molecule has 1 aliphatic heterocycles. The number of benzene rings is 4. The van der Waals surface area contributed by atoms with Gasteiger partial charge in [0.1, 0.15) is 0 Å². The molecule has 1 aliphatic rings. The van der Waals surface area contributed by atoms with Gasteiger partial charge in [0, 0.05) is 36.7 Å². The van der Waals surface area contributed by atoms with Crippen LogP contribution >= 0.6 is 11.3 Å². The molecular weight excluding hydrogens is 487 g/mol. The fourth-order valence-corrected chi connectivity index (χ4v) is 6.28. The minimum Gasteiger partial charge on any atom is -0.399 e. The summed E-state index contributed by atoms with van der Waals surface area (Å²) in [6.07, 6.45) is 0. The van der Waals surface area contributed by atoms with E-state index in [-0.39, 0.29) is 11.2 Å². The molecule has 0 saturated carbocycles. The molecule has 6 heteroatoms. The fraction of sp³-hybridized carbons (Fsp3) is 0.188. The van der Waals surface area contributed by atoms with Gasteiger partial charge in [-0.2, -0.15) is 0 Å². The summed E-state index contributed by atoms with van der Waals surface area (Å²) in [5, 5.41) is 3.39.